The molecule has 6 heterocycles. The molecule has 0 aliphatic carbocycles. The number of ether oxygens (including phenoxy) is 1. The SMILES string of the molecule is CN1CC[C@@H]1/C=C/C(=O)N1CC(C=[N+](C)c2nc(OC[C@@]34CCCN3C[C@H](F)C4)nc3c(F)c(-c4cccc5cccc(Cl)c45)ncc23)[C@H](F)C1. The second-order valence-electron chi connectivity index (χ2n) is 14.4. The van der Waals surface area contributed by atoms with Crippen molar-refractivity contribution in [3.63, 3.8) is 0 Å². The number of halogens is 4. The Morgan fingerprint density at radius 2 is 1.96 bits per heavy atom. The lowest BCUT2D eigenvalue weighted by molar-refractivity contribution is -0.405. The standard InChI is InChI=1S/C38H40ClF3N7O2/c1-46-15-12-26(46)10-11-31(50)48-19-24(30(41)21-48)18-47(2)36-28-17-43-34(27-8-3-6-23-7-4-9-29(39)32(23)27)33(42)35(28)44-37(45-36)51-22-38-13-5-14-49(38)20-25(40)16-38/h3-4,6-11,17-18,24-26,30H,5,12-16,19-22H2,1-2H3/q+1/b11-10+,47-18?/t24?,25-,26+,30-,38+/m1/s1. The van der Waals surface area contributed by atoms with Crippen LogP contribution in [0.4, 0.5) is 19.0 Å². The van der Waals surface area contributed by atoms with Crippen LogP contribution in [0.5, 0.6) is 6.01 Å². The van der Waals surface area contributed by atoms with Crippen LogP contribution in [-0.4, -0.2) is 124 Å². The first-order valence-electron chi connectivity index (χ1n) is 17.6. The number of hydrogen-bond donors (Lipinski definition) is 0. The van der Waals surface area contributed by atoms with Crippen molar-refractivity contribution in [1.29, 1.82) is 0 Å². The van der Waals surface area contributed by atoms with Crippen molar-refractivity contribution in [2.75, 3.05) is 53.4 Å². The molecule has 1 amide bonds. The number of alkyl halides is 2. The molecule has 0 spiro atoms. The van der Waals surface area contributed by atoms with Gasteiger partial charge in [0.1, 0.15) is 35.5 Å². The highest BCUT2D eigenvalue weighted by molar-refractivity contribution is 6.36. The fourth-order valence-corrected chi connectivity index (χ4v) is 8.51. The Bertz CT molecular complexity index is 2080. The molecule has 2 aromatic heterocycles. The minimum atomic E-state index is -1.30. The van der Waals surface area contributed by atoms with Crippen molar-refractivity contribution in [2.24, 2.45) is 5.92 Å². The number of likely N-dealkylation sites (tertiary alicyclic amines) is 2. The largest absolute Gasteiger partial charge is 0.443 e. The molecule has 8 rings (SSSR count). The summed E-state index contributed by atoms with van der Waals surface area (Å²) in [6.07, 6.45) is 7.42. The van der Waals surface area contributed by atoms with Crippen molar-refractivity contribution in [2.45, 2.75) is 49.6 Å². The number of carbonyl (C=O) groups excluding carboxylic acids is 1. The third-order valence-corrected chi connectivity index (χ3v) is 11.5. The van der Waals surface area contributed by atoms with Gasteiger partial charge in [0, 0.05) is 65.3 Å². The van der Waals surface area contributed by atoms with Crippen LogP contribution in [0.1, 0.15) is 25.7 Å². The Labute approximate surface area is 299 Å². The lowest BCUT2D eigenvalue weighted by Crippen LogP contribution is -2.43. The fourth-order valence-electron chi connectivity index (χ4n) is 8.23. The Hall–Kier alpha value is -4.13. The summed E-state index contributed by atoms with van der Waals surface area (Å²) >= 11 is 6.60. The van der Waals surface area contributed by atoms with Crippen molar-refractivity contribution in [3.8, 4) is 17.3 Å². The van der Waals surface area contributed by atoms with E-state index < -0.39 is 29.6 Å². The summed E-state index contributed by atoms with van der Waals surface area (Å²) in [6, 6.07) is 11.1. The Kier molecular flexibility index (Phi) is 8.96. The number of aromatic nitrogens is 3. The molecule has 1 unspecified atom stereocenters. The number of nitrogens with zero attached hydrogens (tertiary/aromatic N) is 7. The zero-order chi connectivity index (χ0) is 35.4. The van der Waals surface area contributed by atoms with E-state index in [0.717, 1.165) is 37.7 Å². The molecule has 4 aliphatic rings. The molecule has 13 heteroatoms. The number of rotatable bonds is 8. The maximum Gasteiger partial charge on any atom is 0.434 e. The topological polar surface area (TPSA) is 77.7 Å². The van der Waals surface area contributed by atoms with E-state index >= 15 is 8.78 Å². The number of fused-ring (bicyclic) bond motifs is 3. The van der Waals surface area contributed by atoms with Crippen LogP contribution in [0.3, 0.4) is 0 Å². The maximum absolute atomic E-state index is 16.8. The number of hydrogen-bond acceptors (Lipinski definition) is 7. The second kappa shape index (κ2) is 13.4. The van der Waals surface area contributed by atoms with E-state index in [2.05, 4.69) is 19.8 Å². The van der Waals surface area contributed by atoms with E-state index in [0.29, 0.717) is 34.3 Å². The molecule has 5 atom stereocenters. The summed E-state index contributed by atoms with van der Waals surface area (Å²) in [5.74, 6) is -1.27. The number of benzene rings is 2. The summed E-state index contributed by atoms with van der Waals surface area (Å²) in [6.45, 7) is 2.45. The molecule has 4 aromatic rings. The molecule has 9 nitrogen and oxygen atoms in total. The van der Waals surface area contributed by atoms with Gasteiger partial charge in [-0.05, 0) is 44.3 Å². The fraction of sp³-hybridized carbons (Fsp3) is 0.447. The monoisotopic (exact) mass is 718 g/mol. The van der Waals surface area contributed by atoms with Crippen LogP contribution in [0.15, 0.2) is 54.7 Å². The smallest absolute Gasteiger partial charge is 0.434 e. The summed E-state index contributed by atoms with van der Waals surface area (Å²) in [5.41, 5.74) is 0.0805. The van der Waals surface area contributed by atoms with Gasteiger partial charge < -0.3 is 9.64 Å². The average Bonchev–Trinajstić information content (AvgIpc) is 3.77. The van der Waals surface area contributed by atoms with Gasteiger partial charge in [-0.15, -0.1) is 0 Å². The Balaban J connectivity index is 1.16. The van der Waals surface area contributed by atoms with Gasteiger partial charge in [-0.3, -0.25) is 19.6 Å². The highest BCUT2D eigenvalue weighted by atomic mass is 35.5. The second-order valence-corrected chi connectivity index (χ2v) is 14.8. The van der Waals surface area contributed by atoms with Crippen LogP contribution in [0, 0.1) is 11.7 Å². The predicted molar refractivity (Wildman–Crippen MR) is 191 cm³/mol. The number of pyridine rings is 1. The van der Waals surface area contributed by atoms with Crippen molar-refractivity contribution in [3.05, 3.63) is 65.6 Å². The van der Waals surface area contributed by atoms with E-state index in [1.165, 1.54) is 17.2 Å². The van der Waals surface area contributed by atoms with Crippen LogP contribution in [-0.2, 0) is 4.79 Å². The molecule has 266 valence electrons. The lowest BCUT2D eigenvalue weighted by Gasteiger charge is -2.35. The van der Waals surface area contributed by atoms with E-state index in [1.54, 1.807) is 30.0 Å². The molecule has 0 N–H and O–H groups in total. The summed E-state index contributed by atoms with van der Waals surface area (Å²) in [7, 11) is 3.70. The molecular formula is C38H40ClF3N7O2+. The van der Waals surface area contributed by atoms with Gasteiger partial charge in [-0.1, -0.05) is 48.0 Å². The highest BCUT2D eigenvalue weighted by Crippen LogP contribution is 2.41. The number of carbonyl (C=O) groups is 1. The van der Waals surface area contributed by atoms with E-state index in [1.807, 2.05) is 37.4 Å². The summed E-state index contributed by atoms with van der Waals surface area (Å²) < 4.78 is 54.6. The highest BCUT2D eigenvalue weighted by Gasteiger charge is 2.49. The Morgan fingerprint density at radius 3 is 2.75 bits per heavy atom. The summed E-state index contributed by atoms with van der Waals surface area (Å²) in [4.78, 5) is 32.5. The molecule has 0 radical (unpaired) electrons. The van der Waals surface area contributed by atoms with Crippen molar-refractivity contribution in [1.82, 2.24) is 29.7 Å². The van der Waals surface area contributed by atoms with Gasteiger partial charge in [0.25, 0.3) is 0 Å². The third-order valence-electron chi connectivity index (χ3n) is 11.1. The first kappa shape index (κ1) is 34.0. The molecule has 0 bridgehead atoms. The van der Waals surface area contributed by atoms with Gasteiger partial charge in [0.2, 0.25) is 5.91 Å². The van der Waals surface area contributed by atoms with Crippen LogP contribution < -0.4 is 4.74 Å². The van der Waals surface area contributed by atoms with Crippen molar-refractivity contribution < 1.29 is 27.3 Å². The van der Waals surface area contributed by atoms with Gasteiger partial charge in [0.05, 0.1) is 31.3 Å². The van der Waals surface area contributed by atoms with Crippen LogP contribution in [0.25, 0.3) is 32.9 Å². The first-order chi connectivity index (χ1) is 24.6. The van der Waals surface area contributed by atoms with E-state index in [4.69, 9.17) is 21.3 Å². The average molecular weight is 719 g/mol. The third kappa shape index (κ3) is 6.25. The van der Waals surface area contributed by atoms with Crippen molar-refractivity contribution >= 4 is 51.2 Å². The zero-order valence-electron chi connectivity index (χ0n) is 28.6. The van der Waals surface area contributed by atoms with Gasteiger partial charge in [-0.25, -0.2) is 17.7 Å². The molecule has 51 heavy (non-hydrogen) atoms. The molecule has 4 saturated heterocycles. The maximum atomic E-state index is 16.8. The van der Waals surface area contributed by atoms with Gasteiger partial charge in [-0.2, -0.15) is 4.98 Å². The zero-order valence-corrected chi connectivity index (χ0v) is 29.4. The normalized spacial score (nSPS) is 27.2. The molecule has 4 fully saturated rings. The van der Waals surface area contributed by atoms with Crippen LogP contribution >= 0.6 is 11.6 Å². The molecular weight excluding hydrogens is 679 g/mol. The van der Waals surface area contributed by atoms with Gasteiger partial charge >= 0.3 is 11.8 Å². The minimum absolute atomic E-state index is 0.0222. The van der Waals surface area contributed by atoms with E-state index in [9.17, 15) is 9.18 Å². The van der Waals surface area contributed by atoms with E-state index in [-0.39, 0.29) is 54.7 Å². The molecule has 2 aromatic carbocycles. The number of likely N-dealkylation sites (N-methyl/N-ethyl adjacent to an activating group) is 1. The minimum Gasteiger partial charge on any atom is -0.443 e. The molecule has 0 saturated carbocycles. The molecule has 4 aliphatic heterocycles. The lowest BCUT2D eigenvalue weighted by atomic mass is 9.95. The Morgan fingerprint density at radius 1 is 1.14 bits per heavy atom. The first-order valence-corrected chi connectivity index (χ1v) is 17.9. The van der Waals surface area contributed by atoms with Gasteiger partial charge in [0.15, 0.2) is 5.82 Å². The predicted octanol–water partition coefficient (Wildman–Crippen LogP) is 5.99. The quantitative estimate of drug-likeness (QED) is 0.126. The number of amides is 1. The van der Waals surface area contributed by atoms with Crippen LogP contribution in [0.2, 0.25) is 5.02 Å². The summed E-state index contributed by atoms with van der Waals surface area (Å²) in [5, 5.41) is 2.26.